The lowest BCUT2D eigenvalue weighted by Crippen LogP contribution is -2.40. The van der Waals surface area contributed by atoms with Crippen LogP contribution in [0, 0.1) is 25.2 Å². The number of nitrogens with zero attached hydrogens (tertiary/aromatic N) is 4. The van der Waals surface area contributed by atoms with Crippen molar-refractivity contribution in [2.45, 2.75) is 27.3 Å². The van der Waals surface area contributed by atoms with Gasteiger partial charge in [-0.2, -0.15) is 10.4 Å². The average molecular weight is 403 g/mol. The first-order chi connectivity index (χ1) is 14.4. The van der Waals surface area contributed by atoms with E-state index in [0.29, 0.717) is 36.8 Å². The molecule has 1 aliphatic rings. The molecule has 0 aliphatic carbocycles. The number of aromatic nitrogens is 2. The molecule has 30 heavy (non-hydrogen) atoms. The standard InChI is InChI=1S/C23H25N5O2/c1-5-20-17(4)26-27-23(25-13-19-8-6-7-18(12-24)16(19)3)21(20)11-15(2)28-9-10-30-22(29)14-28/h5-8,11H,2,9-10,13-14H2,1,3-4H3,(H,25,27)/b20-5-,21-11+. The topological polar surface area (TPSA) is 91.1 Å². The van der Waals surface area contributed by atoms with Crippen molar-refractivity contribution < 1.29 is 9.53 Å². The van der Waals surface area contributed by atoms with Gasteiger partial charge in [0.2, 0.25) is 0 Å². The van der Waals surface area contributed by atoms with E-state index in [0.717, 1.165) is 27.3 Å². The van der Waals surface area contributed by atoms with Gasteiger partial charge < -0.3 is 15.0 Å². The number of ether oxygens (including phenoxy) is 1. The zero-order chi connectivity index (χ0) is 21.7. The van der Waals surface area contributed by atoms with Gasteiger partial charge in [0.1, 0.15) is 13.2 Å². The number of hydrogen-bond donors (Lipinski definition) is 1. The smallest absolute Gasteiger partial charge is 0.325 e. The third-order valence-corrected chi connectivity index (χ3v) is 5.20. The highest BCUT2D eigenvalue weighted by Gasteiger charge is 2.18. The molecular formula is C23H25N5O2. The van der Waals surface area contributed by atoms with Crippen LogP contribution in [0.3, 0.4) is 0 Å². The van der Waals surface area contributed by atoms with Gasteiger partial charge in [-0.05, 0) is 44.0 Å². The first-order valence-corrected chi connectivity index (χ1v) is 9.78. The maximum atomic E-state index is 11.6. The Hall–Kier alpha value is -3.66. The molecule has 0 spiro atoms. The summed E-state index contributed by atoms with van der Waals surface area (Å²) in [6.45, 7) is 11.6. The van der Waals surface area contributed by atoms with Gasteiger partial charge in [0.05, 0.1) is 23.9 Å². The van der Waals surface area contributed by atoms with Gasteiger partial charge in [-0.15, -0.1) is 5.10 Å². The number of aryl methyl sites for hydroxylation is 1. The molecule has 1 aliphatic heterocycles. The lowest BCUT2D eigenvalue weighted by atomic mass is 10.0. The number of nitrogens with one attached hydrogen (secondary N) is 1. The van der Waals surface area contributed by atoms with Crippen molar-refractivity contribution in [2.24, 2.45) is 0 Å². The maximum absolute atomic E-state index is 11.6. The number of cyclic esters (lactones) is 1. The summed E-state index contributed by atoms with van der Waals surface area (Å²) < 4.78 is 5.01. The van der Waals surface area contributed by atoms with Crippen LogP contribution in [0.5, 0.6) is 0 Å². The summed E-state index contributed by atoms with van der Waals surface area (Å²) in [5, 5.41) is 23.1. The van der Waals surface area contributed by atoms with Crippen molar-refractivity contribution in [1.82, 2.24) is 15.1 Å². The SMILES string of the molecule is C=C(/C=c1/c(NCc2cccc(C#N)c2C)nnc(C)/c1=C/C)N1CCOC(=O)C1. The van der Waals surface area contributed by atoms with Crippen molar-refractivity contribution in [2.75, 3.05) is 25.0 Å². The summed E-state index contributed by atoms with van der Waals surface area (Å²) in [5.41, 5.74) is 4.14. The number of benzene rings is 1. The first kappa shape index (κ1) is 21.1. The fourth-order valence-electron chi connectivity index (χ4n) is 3.42. The second-order valence-electron chi connectivity index (χ2n) is 7.08. The molecule has 2 aromatic rings. The second kappa shape index (κ2) is 9.23. The molecule has 0 amide bonds. The van der Waals surface area contributed by atoms with Crippen molar-refractivity contribution >= 4 is 23.9 Å². The largest absolute Gasteiger partial charge is 0.462 e. The molecule has 0 bridgehead atoms. The van der Waals surface area contributed by atoms with Crippen LogP contribution in [0.25, 0.3) is 12.2 Å². The molecule has 2 heterocycles. The lowest BCUT2D eigenvalue weighted by Gasteiger charge is -2.28. The monoisotopic (exact) mass is 403 g/mol. The van der Waals surface area contributed by atoms with Crippen LogP contribution in [0.15, 0.2) is 30.5 Å². The minimum absolute atomic E-state index is 0.181. The Balaban J connectivity index is 1.97. The fourth-order valence-corrected chi connectivity index (χ4v) is 3.42. The van der Waals surface area contributed by atoms with E-state index in [4.69, 9.17) is 4.74 Å². The van der Waals surface area contributed by atoms with E-state index in [1.54, 1.807) is 0 Å². The predicted octanol–water partition coefficient (Wildman–Crippen LogP) is 1.53. The van der Waals surface area contributed by atoms with E-state index in [1.807, 2.05) is 56.0 Å². The number of carbonyl (C=O) groups excluding carboxylic acids is 1. The average Bonchev–Trinajstić information content (AvgIpc) is 2.74. The third-order valence-electron chi connectivity index (χ3n) is 5.20. The van der Waals surface area contributed by atoms with E-state index in [-0.39, 0.29) is 12.5 Å². The Kier molecular flexibility index (Phi) is 6.48. The van der Waals surface area contributed by atoms with Crippen LogP contribution < -0.4 is 15.8 Å². The van der Waals surface area contributed by atoms with Gasteiger partial charge in [0, 0.05) is 22.7 Å². The minimum atomic E-state index is -0.256. The van der Waals surface area contributed by atoms with Gasteiger partial charge in [-0.1, -0.05) is 24.8 Å². The van der Waals surface area contributed by atoms with E-state index < -0.39 is 0 Å². The first-order valence-electron chi connectivity index (χ1n) is 9.78. The summed E-state index contributed by atoms with van der Waals surface area (Å²) in [6.07, 6.45) is 3.91. The normalized spacial score (nSPS) is 15.0. The summed E-state index contributed by atoms with van der Waals surface area (Å²) in [5.74, 6) is 0.365. The Bertz CT molecular complexity index is 1150. The van der Waals surface area contributed by atoms with Crippen LogP contribution in [0.2, 0.25) is 0 Å². The zero-order valence-electron chi connectivity index (χ0n) is 17.5. The van der Waals surface area contributed by atoms with Crippen LogP contribution in [0.4, 0.5) is 5.82 Å². The van der Waals surface area contributed by atoms with Gasteiger partial charge in [0.25, 0.3) is 0 Å². The number of anilines is 1. The number of rotatable bonds is 5. The molecule has 1 aromatic carbocycles. The fraction of sp³-hybridized carbons (Fsp3) is 0.304. The van der Waals surface area contributed by atoms with Crippen LogP contribution in [0.1, 0.15) is 29.3 Å². The summed E-state index contributed by atoms with van der Waals surface area (Å²) in [7, 11) is 0. The van der Waals surface area contributed by atoms with Gasteiger partial charge in [-0.3, -0.25) is 4.79 Å². The second-order valence-corrected chi connectivity index (χ2v) is 7.08. The van der Waals surface area contributed by atoms with E-state index in [1.165, 1.54) is 0 Å². The predicted molar refractivity (Wildman–Crippen MR) is 116 cm³/mol. The molecule has 3 rings (SSSR count). The molecule has 1 saturated heterocycles. The molecular weight excluding hydrogens is 378 g/mol. The quantitative estimate of drug-likeness (QED) is 0.757. The van der Waals surface area contributed by atoms with Gasteiger partial charge in [-0.25, -0.2) is 0 Å². The van der Waals surface area contributed by atoms with Crippen molar-refractivity contribution in [3.63, 3.8) is 0 Å². The van der Waals surface area contributed by atoms with Gasteiger partial charge >= 0.3 is 5.97 Å². The molecule has 1 fully saturated rings. The molecule has 154 valence electrons. The number of esters is 1. The summed E-state index contributed by atoms with van der Waals surface area (Å²) >= 11 is 0. The number of carbonyl (C=O) groups is 1. The van der Waals surface area contributed by atoms with Crippen LogP contribution in [-0.2, 0) is 16.1 Å². The minimum Gasteiger partial charge on any atom is -0.462 e. The van der Waals surface area contributed by atoms with Gasteiger partial charge in [0.15, 0.2) is 5.82 Å². The maximum Gasteiger partial charge on any atom is 0.325 e. The molecule has 7 nitrogen and oxygen atoms in total. The highest BCUT2D eigenvalue weighted by atomic mass is 16.5. The number of hydrogen-bond acceptors (Lipinski definition) is 7. The van der Waals surface area contributed by atoms with Crippen molar-refractivity contribution in [1.29, 1.82) is 5.26 Å². The molecule has 0 unspecified atom stereocenters. The summed E-state index contributed by atoms with van der Waals surface area (Å²) in [6, 6.07) is 7.88. The Morgan fingerprint density at radius 3 is 2.87 bits per heavy atom. The van der Waals surface area contributed by atoms with Crippen LogP contribution >= 0.6 is 0 Å². The number of allylic oxidation sites excluding steroid dienone is 1. The third kappa shape index (κ3) is 4.49. The molecule has 0 atom stereocenters. The number of nitriles is 1. The number of morpholine rings is 1. The molecule has 1 N–H and O–H groups in total. The lowest BCUT2D eigenvalue weighted by molar-refractivity contribution is -0.149. The highest BCUT2D eigenvalue weighted by molar-refractivity contribution is 5.73. The van der Waals surface area contributed by atoms with E-state index in [2.05, 4.69) is 28.2 Å². The van der Waals surface area contributed by atoms with Crippen molar-refractivity contribution in [3.05, 3.63) is 63.3 Å². The molecule has 0 radical (unpaired) electrons. The molecule has 0 saturated carbocycles. The zero-order valence-corrected chi connectivity index (χ0v) is 17.5. The van der Waals surface area contributed by atoms with E-state index >= 15 is 0 Å². The summed E-state index contributed by atoms with van der Waals surface area (Å²) in [4.78, 5) is 13.5. The Morgan fingerprint density at radius 2 is 2.17 bits per heavy atom. The Morgan fingerprint density at radius 1 is 1.37 bits per heavy atom. The Labute approximate surface area is 176 Å². The van der Waals surface area contributed by atoms with Crippen LogP contribution in [-0.4, -0.2) is 40.8 Å². The van der Waals surface area contributed by atoms with Crippen molar-refractivity contribution in [3.8, 4) is 6.07 Å². The molecule has 7 heteroatoms. The van der Waals surface area contributed by atoms with E-state index in [9.17, 15) is 10.1 Å². The highest BCUT2D eigenvalue weighted by Crippen LogP contribution is 2.14. The molecule has 1 aromatic heterocycles.